The largest absolute Gasteiger partial charge is 0.206 e. The summed E-state index contributed by atoms with van der Waals surface area (Å²) in [5, 5.41) is 0. The van der Waals surface area contributed by atoms with Crippen LogP contribution in [0.3, 0.4) is 0 Å². The predicted octanol–water partition coefficient (Wildman–Crippen LogP) is 3.11. The van der Waals surface area contributed by atoms with Gasteiger partial charge in [-0.1, -0.05) is 6.92 Å². The molecule has 1 rings (SSSR count). The van der Waals surface area contributed by atoms with Crippen molar-refractivity contribution in [2.75, 3.05) is 0 Å². The molecule has 0 radical (unpaired) electrons. The predicted molar refractivity (Wildman–Crippen MR) is 40.4 cm³/mol. The van der Waals surface area contributed by atoms with Gasteiger partial charge in [0.2, 0.25) is 0 Å². The van der Waals surface area contributed by atoms with E-state index in [-0.39, 0.29) is 6.42 Å². The van der Waals surface area contributed by atoms with Crippen molar-refractivity contribution in [1.82, 2.24) is 0 Å². The Hall–Kier alpha value is -1.06. The van der Waals surface area contributed by atoms with Crippen LogP contribution in [0.25, 0.3) is 0 Å². The first-order valence-electron chi connectivity index (χ1n) is 3.82. The normalized spacial score (nSPS) is 10.6. The van der Waals surface area contributed by atoms with Gasteiger partial charge in [0.15, 0.2) is 17.5 Å². The van der Waals surface area contributed by atoms with Gasteiger partial charge in [-0.3, -0.25) is 0 Å². The van der Waals surface area contributed by atoms with Crippen molar-refractivity contribution in [3.63, 3.8) is 0 Å². The highest BCUT2D eigenvalue weighted by atomic mass is 19.2. The molecule has 0 aliphatic rings. The summed E-state index contributed by atoms with van der Waals surface area (Å²) in [7, 11) is 0. The Labute approximate surface area is 73.2 Å². The molecular weight excluding hydrogens is 184 g/mol. The van der Waals surface area contributed by atoms with Crippen molar-refractivity contribution in [1.29, 1.82) is 0 Å². The summed E-state index contributed by atoms with van der Waals surface area (Å²) in [6, 6.07) is 0. The van der Waals surface area contributed by atoms with Gasteiger partial charge in [-0.2, -0.15) is 0 Å². The minimum atomic E-state index is -1.60. The molecule has 72 valence electrons. The van der Waals surface area contributed by atoms with Crippen LogP contribution in [0.15, 0.2) is 0 Å². The molecule has 0 N–H and O–H groups in total. The molecule has 0 atom stereocenters. The molecule has 0 unspecified atom stereocenters. The van der Waals surface area contributed by atoms with E-state index in [9.17, 15) is 17.6 Å². The Bertz CT molecular complexity index is 315. The Morgan fingerprint density at radius 3 is 1.85 bits per heavy atom. The molecular formula is C9H8F4. The van der Waals surface area contributed by atoms with Crippen LogP contribution in [0, 0.1) is 30.2 Å². The topological polar surface area (TPSA) is 0 Å². The van der Waals surface area contributed by atoms with Gasteiger partial charge in [-0.05, 0) is 13.3 Å². The van der Waals surface area contributed by atoms with Crippen LogP contribution in [0.4, 0.5) is 17.6 Å². The highest BCUT2D eigenvalue weighted by Crippen LogP contribution is 2.23. The number of benzene rings is 1. The first kappa shape index (κ1) is 10.0. The molecule has 13 heavy (non-hydrogen) atoms. The zero-order chi connectivity index (χ0) is 10.2. The van der Waals surface area contributed by atoms with Gasteiger partial charge in [0.05, 0.1) is 0 Å². The van der Waals surface area contributed by atoms with Crippen LogP contribution in [0.2, 0.25) is 0 Å². The second kappa shape index (κ2) is 3.36. The Kier molecular flexibility index (Phi) is 2.59. The molecule has 0 nitrogen and oxygen atoms in total. The van der Waals surface area contributed by atoms with Crippen LogP contribution < -0.4 is 0 Å². The first-order chi connectivity index (χ1) is 6.00. The first-order valence-corrected chi connectivity index (χ1v) is 3.82. The summed E-state index contributed by atoms with van der Waals surface area (Å²) in [5.41, 5.74) is -0.882. The van der Waals surface area contributed by atoms with E-state index in [4.69, 9.17) is 0 Å². The molecule has 0 saturated heterocycles. The zero-order valence-electron chi connectivity index (χ0n) is 7.22. The second-order valence-corrected chi connectivity index (χ2v) is 2.71. The maximum absolute atomic E-state index is 13.1. The van der Waals surface area contributed by atoms with E-state index in [2.05, 4.69) is 0 Å². The molecule has 0 aliphatic carbocycles. The molecule has 0 heterocycles. The van der Waals surface area contributed by atoms with Crippen LogP contribution in [-0.4, -0.2) is 0 Å². The average molecular weight is 192 g/mol. The summed E-state index contributed by atoms with van der Waals surface area (Å²) in [6.45, 7) is 2.55. The molecule has 0 aromatic heterocycles. The maximum Gasteiger partial charge on any atom is 0.195 e. The number of hydrogen-bond donors (Lipinski definition) is 0. The molecule has 0 aliphatic heterocycles. The maximum atomic E-state index is 13.1. The fraction of sp³-hybridized carbons (Fsp3) is 0.333. The third-order valence-corrected chi connectivity index (χ3v) is 1.93. The molecule has 1 aromatic carbocycles. The molecule has 0 saturated carbocycles. The van der Waals surface area contributed by atoms with Gasteiger partial charge < -0.3 is 0 Å². The van der Waals surface area contributed by atoms with Gasteiger partial charge in [0.25, 0.3) is 0 Å². The van der Waals surface area contributed by atoms with Crippen molar-refractivity contribution in [3.05, 3.63) is 34.4 Å². The third kappa shape index (κ3) is 1.41. The lowest BCUT2D eigenvalue weighted by molar-refractivity contribution is 0.420. The van der Waals surface area contributed by atoms with Crippen LogP contribution in [-0.2, 0) is 6.42 Å². The average Bonchev–Trinajstić information content (AvgIpc) is 2.13. The van der Waals surface area contributed by atoms with E-state index < -0.39 is 34.4 Å². The SMILES string of the molecule is CCc1c(F)c(C)c(F)c(F)c1F. The third-order valence-electron chi connectivity index (χ3n) is 1.93. The van der Waals surface area contributed by atoms with Crippen molar-refractivity contribution in [2.45, 2.75) is 20.3 Å². The quantitative estimate of drug-likeness (QED) is 0.364. The molecule has 0 amide bonds. The van der Waals surface area contributed by atoms with Crippen molar-refractivity contribution >= 4 is 0 Å². The van der Waals surface area contributed by atoms with E-state index >= 15 is 0 Å². The Morgan fingerprint density at radius 2 is 1.38 bits per heavy atom. The molecule has 0 fully saturated rings. The van der Waals surface area contributed by atoms with Crippen LogP contribution in [0.5, 0.6) is 0 Å². The summed E-state index contributed by atoms with van der Waals surface area (Å²) in [6.07, 6.45) is -0.00426. The Morgan fingerprint density at radius 1 is 0.846 bits per heavy atom. The van der Waals surface area contributed by atoms with Gasteiger partial charge >= 0.3 is 0 Å². The second-order valence-electron chi connectivity index (χ2n) is 2.71. The van der Waals surface area contributed by atoms with Gasteiger partial charge in [0.1, 0.15) is 5.82 Å². The van der Waals surface area contributed by atoms with E-state index in [1.807, 2.05) is 0 Å². The minimum absolute atomic E-state index is 0.00426. The van der Waals surface area contributed by atoms with Crippen molar-refractivity contribution < 1.29 is 17.6 Å². The molecule has 1 aromatic rings. The van der Waals surface area contributed by atoms with Gasteiger partial charge in [-0.25, -0.2) is 17.6 Å². The summed E-state index contributed by atoms with van der Waals surface area (Å²) < 4.78 is 51.3. The number of rotatable bonds is 1. The lowest BCUT2D eigenvalue weighted by Crippen LogP contribution is -2.05. The van der Waals surface area contributed by atoms with E-state index in [1.165, 1.54) is 6.92 Å². The molecule has 4 heteroatoms. The standard InChI is InChI=1S/C9H8F4/c1-3-5-6(10)4(2)7(11)9(13)8(5)12/h3H2,1-2H3. The van der Waals surface area contributed by atoms with E-state index in [0.29, 0.717) is 0 Å². The number of halogens is 4. The highest BCUT2D eigenvalue weighted by molar-refractivity contribution is 5.29. The fourth-order valence-corrected chi connectivity index (χ4v) is 1.12. The van der Waals surface area contributed by atoms with Gasteiger partial charge in [0, 0.05) is 11.1 Å². The summed E-state index contributed by atoms with van der Waals surface area (Å²) in [4.78, 5) is 0. The summed E-state index contributed by atoms with van der Waals surface area (Å²) >= 11 is 0. The summed E-state index contributed by atoms with van der Waals surface area (Å²) in [5.74, 6) is -5.48. The minimum Gasteiger partial charge on any atom is -0.206 e. The smallest absolute Gasteiger partial charge is 0.195 e. The molecule has 0 bridgehead atoms. The number of hydrogen-bond acceptors (Lipinski definition) is 0. The van der Waals surface area contributed by atoms with E-state index in [1.54, 1.807) is 0 Å². The van der Waals surface area contributed by atoms with Crippen LogP contribution in [0.1, 0.15) is 18.1 Å². The van der Waals surface area contributed by atoms with Crippen molar-refractivity contribution in [3.8, 4) is 0 Å². The van der Waals surface area contributed by atoms with Gasteiger partial charge in [-0.15, -0.1) is 0 Å². The monoisotopic (exact) mass is 192 g/mol. The molecule has 0 spiro atoms. The van der Waals surface area contributed by atoms with E-state index in [0.717, 1.165) is 6.92 Å². The van der Waals surface area contributed by atoms with Crippen molar-refractivity contribution in [2.24, 2.45) is 0 Å². The zero-order valence-corrected chi connectivity index (χ0v) is 7.22. The van der Waals surface area contributed by atoms with Crippen LogP contribution >= 0.6 is 0 Å². The lowest BCUT2D eigenvalue weighted by Gasteiger charge is -2.07. The highest BCUT2D eigenvalue weighted by Gasteiger charge is 2.21. The fourth-order valence-electron chi connectivity index (χ4n) is 1.12. The Balaban J connectivity index is 3.56. The lowest BCUT2D eigenvalue weighted by atomic mass is 10.1.